The summed E-state index contributed by atoms with van der Waals surface area (Å²) in [6.07, 6.45) is 0. The molecule has 0 fully saturated rings. The predicted molar refractivity (Wildman–Crippen MR) is 105 cm³/mol. The van der Waals surface area contributed by atoms with E-state index in [4.69, 9.17) is 4.74 Å². The van der Waals surface area contributed by atoms with Gasteiger partial charge in [-0.25, -0.2) is 4.39 Å². The molecule has 3 aromatic rings. The number of carbonyl (C=O) groups excluding carboxylic acids is 1. The third-order valence-electron chi connectivity index (χ3n) is 4.28. The minimum Gasteiger partial charge on any atom is -0.490 e. The molecule has 0 radical (unpaired) electrons. The van der Waals surface area contributed by atoms with Gasteiger partial charge in [0.25, 0.3) is 11.5 Å². The normalized spacial score (nSPS) is 10.4. The monoisotopic (exact) mass is 397 g/mol. The Morgan fingerprint density at radius 3 is 2.45 bits per heavy atom. The van der Waals surface area contributed by atoms with Crippen LogP contribution in [0.3, 0.4) is 0 Å². The largest absolute Gasteiger partial charge is 0.490 e. The number of benzene rings is 2. The van der Waals surface area contributed by atoms with Crippen LogP contribution in [0.5, 0.6) is 5.75 Å². The number of hydrogen-bond donors (Lipinski definition) is 2. The first kappa shape index (κ1) is 19.7. The number of nitrogens with one attached hydrogen (secondary N) is 2. The molecule has 1 aromatic heterocycles. The van der Waals surface area contributed by atoms with Crippen LogP contribution in [0.2, 0.25) is 0 Å². The highest BCUT2D eigenvalue weighted by Gasteiger charge is 2.19. The van der Waals surface area contributed by atoms with Crippen LogP contribution in [0.4, 0.5) is 15.8 Å². The Labute approximate surface area is 164 Å². The molecule has 2 aromatic carbocycles. The van der Waals surface area contributed by atoms with Crippen LogP contribution < -0.4 is 15.6 Å². The first-order chi connectivity index (χ1) is 13.8. The lowest BCUT2D eigenvalue weighted by molar-refractivity contribution is -0.385. The molecule has 0 aliphatic heterocycles. The number of amides is 1. The number of nitro groups is 1. The Morgan fingerprint density at radius 1 is 1.17 bits per heavy atom. The molecule has 29 heavy (non-hydrogen) atoms. The second-order valence-electron chi connectivity index (χ2n) is 6.17. The van der Waals surface area contributed by atoms with E-state index in [0.29, 0.717) is 16.8 Å². The molecule has 0 spiro atoms. The number of nitrogens with zero attached hydrogens (tertiary/aromatic N) is 1. The number of aromatic amines is 1. The number of methoxy groups -OCH3 is 1. The fraction of sp³-hybridized carbons (Fsp3) is 0.100. The number of aromatic nitrogens is 1. The first-order valence-corrected chi connectivity index (χ1v) is 8.44. The summed E-state index contributed by atoms with van der Waals surface area (Å²) in [4.78, 5) is 38.0. The summed E-state index contributed by atoms with van der Waals surface area (Å²) < 4.78 is 18.0. The van der Waals surface area contributed by atoms with Crippen molar-refractivity contribution in [2.24, 2.45) is 0 Å². The molecule has 0 bridgehead atoms. The van der Waals surface area contributed by atoms with Gasteiger partial charge in [0.15, 0.2) is 5.75 Å². The highest BCUT2D eigenvalue weighted by molar-refractivity contribution is 6.04. The van der Waals surface area contributed by atoms with Crippen LogP contribution in [0.1, 0.15) is 15.9 Å². The van der Waals surface area contributed by atoms with Gasteiger partial charge in [0, 0.05) is 23.5 Å². The van der Waals surface area contributed by atoms with Crippen LogP contribution in [0.15, 0.2) is 53.3 Å². The van der Waals surface area contributed by atoms with Gasteiger partial charge in [-0.3, -0.25) is 19.7 Å². The fourth-order valence-electron chi connectivity index (χ4n) is 2.75. The number of H-pyrrole nitrogens is 1. The number of carbonyl (C=O) groups is 1. The molecular weight excluding hydrogens is 381 g/mol. The molecule has 1 heterocycles. The van der Waals surface area contributed by atoms with E-state index in [1.807, 2.05) is 0 Å². The number of ether oxygens (including phenoxy) is 1. The van der Waals surface area contributed by atoms with Gasteiger partial charge in [0.05, 0.1) is 12.0 Å². The van der Waals surface area contributed by atoms with Gasteiger partial charge in [0.1, 0.15) is 11.4 Å². The quantitative estimate of drug-likeness (QED) is 0.504. The van der Waals surface area contributed by atoms with Gasteiger partial charge in [-0.1, -0.05) is 0 Å². The summed E-state index contributed by atoms with van der Waals surface area (Å²) in [5.41, 5.74) is 0.726. The smallest absolute Gasteiger partial charge is 0.311 e. The Hall–Kier alpha value is -4.01. The van der Waals surface area contributed by atoms with Gasteiger partial charge in [-0.15, -0.1) is 0 Å². The molecule has 8 nitrogen and oxygen atoms in total. The molecule has 148 valence electrons. The summed E-state index contributed by atoms with van der Waals surface area (Å²) in [5.74, 6) is -1.10. The lowest BCUT2D eigenvalue weighted by Gasteiger charge is -2.11. The van der Waals surface area contributed by atoms with E-state index in [2.05, 4.69) is 10.3 Å². The maximum absolute atomic E-state index is 13.0. The fourth-order valence-corrected chi connectivity index (χ4v) is 2.75. The molecule has 3 rings (SSSR count). The van der Waals surface area contributed by atoms with Crippen molar-refractivity contribution in [3.05, 3.63) is 85.9 Å². The Bertz CT molecular complexity index is 1160. The van der Waals surface area contributed by atoms with Gasteiger partial charge < -0.3 is 15.0 Å². The van der Waals surface area contributed by atoms with Gasteiger partial charge in [-0.05, 0) is 54.4 Å². The zero-order chi connectivity index (χ0) is 21.1. The van der Waals surface area contributed by atoms with Crippen LogP contribution in [-0.4, -0.2) is 22.9 Å². The third-order valence-corrected chi connectivity index (χ3v) is 4.28. The molecule has 0 saturated carbocycles. The molecule has 0 unspecified atom stereocenters. The second-order valence-corrected chi connectivity index (χ2v) is 6.17. The van der Waals surface area contributed by atoms with Crippen LogP contribution in [-0.2, 0) is 0 Å². The topological polar surface area (TPSA) is 114 Å². The van der Waals surface area contributed by atoms with Crippen molar-refractivity contribution < 1.29 is 18.8 Å². The standard InChI is InChI=1S/C20H16FN3O5/c1-11-9-17(24(27)28)18(29-2)10-16(11)23-20(26)14-7-8-15(22-19(14)25)12-3-5-13(21)6-4-12/h3-10H,1-2H3,(H,22,25)(H,23,26). The molecule has 0 aliphatic rings. The van der Waals surface area contributed by atoms with Crippen molar-refractivity contribution in [2.45, 2.75) is 6.92 Å². The molecule has 9 heteroatoms. The number of aryl methyl sites for hydroxylation is 1. The highest BCUT2D eigenvalue weighted by atomic mass is 19.1. The Morgan fingerprint density at radius 2 is 1.86 bits per heavy atom. The van der Waals surface area contributed by atoms with Crippen LogP contribution >= 0.6 is 0 Å². The van der Waals surface area contributed by atoms with E-state index in [1.165, 1.54) is 55.6 Å². The Kier molecular flexibility index (Phi) is 5.40. The summed E-state index contributed by atoms with van der Waals surface area (Å²) in [7, 11) is 1.28. The minimum absolute atomic E-state index is 0.0172. The third kappa shape index (κ3) is 4.13. The SMILES string of the molecule is COc1cc(NC(=O)c2ccc(-c3ccc(F)cc3)[nH]c2=O)c(C)cc1[N+](=O)[O-]. The van der Waals surface area contributed by atoms with E-state index in [9.17, 15) is 24.1 Å². The van der Waals surface area contributed by atoms with E-state index in [0.717, 1.165) is 0 Å². The van der Waals surface area contributed by atoms with E-state index in [-0.39, 0.29) is 22.7 Å². The number of anilines is 1. The number of pyridine rings is 1. The Balaban J connectivity index is 1.89. The van der Waals surface area contributed by atoms with Crippen molar-refractivity contribution in [3.8, 4) is 17.0 Å². The highest BCUT2D eigenvalue weighted by Crippen LogP contribution is 2.32. The summed E-state index contributed by atoms with van der Waals surface area (Å²) in [6, 6.07) is 11.0. The van der Waals surface area contributed by atoms with Crippen molar-refractivity contribution in [2.75, 3.05) is 12.4 Å². The van der Waals surface area contributed by atoms with E-state index < -0.39 is 22.2 Å². The number of halogens is 1. The molecular formula is C20H16FN3O5. The van der Waals surface area contributed by atoms with Crippen LogP contribution in [0.25, 0.3) is 11.3 Å². The number of nitro benzene ring substituents is 1. The zero-order valence-corrected chi connectivity index (χ0v) is 15.5. The molecule has 0 saturated heterocycles. The predicted octanol–water partition coefficient (Wildman–Crippen LogP) is 3.66. The molecule has 0 aliphatic carbocycles. The van der Waals surface area contributed by atoms with Gasteiger partial charge in [0.2, 0.25) is 0 Å². The first-order valence-electron chi connectivity index (χ1n) is 8.44. The summed E-state index contributed by atoms with van der Waals surface area (Å²) in [5, 5.41) is 13.6. The lowest BCUT2D eigenvalue weighted by Crippen LogP contribution is -2.23. The average Bonchev–Trinajstić information content (AvgIpc) is 2.69. The number of hydrogen-bond acceptors (Lipinski definition) is 5. The summed E-state index contributed by atoms with van der Waals surface area (Å²) in [6.45, 7) is 1.59. The number of rotatable bonds is 5. The van der Waals surface area contributed by atoms with Gasteiger partial charge >= 0.3 is 5.69 Å². The minimum atomic E-state index is -0.684. The van der Waals surface area contributed by atoms with Gasteiger partial charge in [-0.2, -0.15) is 0 Å². The van der Waals surface area contributed by atoms with Crippen LogP contribution in [0, 0.1) is 22.9 Å². The van der Waals surface area contributed by atoms with E-state index >= 15 is 0 Å². The van der Waals surface area contributed by atoms with Crippen molar-refractivity contribution in [1.82, 2.24) is 4.98 Å². The van der Waals surface area contributed by atoms with Crippen molar-refractivity contribution in [3.63, 3.8) is 0 Å². The van der Waals surface area contributed by atoms with Crippen molar-refractivity contribution in [1.29, 1.82) is 0 Å². The molecule has 2 N–H and O–H groups in total. The maximum Gasteiger partial charge on any atom is 0.311 e. The zero-order valence-electron chi connectivity index (χ0n) is 15.5. The molecule has 1 amide bonds. The van der Waals surface area contributed by atoms with E-state index in [1.54, 1.807) is 6.92 Å². The summed E-state index contributed by atoms with van der Waals surface area (Å²) >= 11 is 0. The maximum atomic E-state index is 13.0. The second kappa shape index (κ2) is 7.93. The average molecular weight is 397 g/mol. The lowest BCUT2D eigenvalue weighted by atomic mass is 10.1. The molecule has 0 atom stereocenters. The van der Waals surface area contributed by atoms with Crippen molar-refractivity contribution >= 4 is 17.3 Å².